The Morgan fingerprint density at radius 1 is 1.35 bits per heavy atom. The summed E-state index contributed by atoms with van der Waals surface area (Å²) >= 11 is 0. The summed E-state index contributed by atoms with van der Waals surface area (Å²) in [6.45, 7) is 8.47. The molecule has 0 saturated heterocycles. The first kappa shape index (κ1) is 13.5. The van der Waals surface area contributed by atoms with E-state index in [0.717, 1.165) is 6.42 Å². The highest BCUT2D eigenvalue weighted by Gasteiger charge is 2.02. The van der Waals surface area contributed by atoms with Crippen LogP contribution in [0.2, 0.25) is 0 Å². The van der Waals surface area contributed by atoms with Crippen LogP contribution < -0.4 is 5.32 Å². The molecule has 1 amide bonds. The summed E-state index contributed by atoms with van der Waals surface area (Å²) in [5.74, 6) is 0.637. The quantitative estimate of drug-likeness (QED) is 0.749. The summed E-state index contributed by atoms with van der Waals surface area (Å²) in [6, 6.07) is 8.50. The second-order valence-electron chi connectivity index (χ2n) is 4.49. The Morgan fingerprint density at radius 3 is 2.53 bits per heavy atom. The summed E-state index contributed by atoms with van der Waals surface area (Å²) in [7, 11) is 0. The van der Waals surface area contributed by atoms with E-state index in [0.29, 0.717) is 18.9 Å². The third-order valence-corrected chi connectivity index (χ3v) is 2.73. The van der Waals surface area contributed by atoms with E-state index in [9.17, 15) is 4.79 Å². The molecule has 0 bridgehead atoms. The van der Waals surface area contributed by atoms with Crippen LogP contribution in [0.25, 0.3) is 0 Å². The van der Waals surface area contributed by atoms with Gasteiger partial charge in [-0.05, 0) is 23.5 Å². The van der Waals surface area contributed by atoms with Crippen LogP contribution >= 0.6 is 0 Å². The van der Waals surface area contributed by atoms with Gasteiger partial charge in [-0.25, -0.2) is 0 Å². The van der Waals surface area contributed by atoms with Crippen LogP contribution in [0.15, 0.2) is 36.9 Å². The number of rotatable bonds is 6. The first-order valence-corrected chi connectivity index (χ1v) is 6.10. The standard InChI is InChI=1S/C15H21NO/c1-4-11-16-15(17)10-7-13-5-8-14(9-6-13)12(2)3/h4-6,8-9,12H,1,7,10-11H2,2-3H3,(H,16,17). The number of aryl methyl sites for hydroxylation is 1. The minimum absolute atomic E-state index is 0.0813. The van der Waals surface area contributed by atoms with Crippen molar-refractivity contribution in [1.82, 2.24) is 5.32 Å². The van der Waals surface area contributed by atoms with Gasteiger partial charge < -0.3 is 5.32 Å². The predicted octanol–water partition coefficient (Wildman–Crippen LogP) is 3.04. The molecule has 1 aromatic carbocycles. The highest BCUT2D eigenvalue weighted by molar-refractivity contribution is 5.76. The normalized spacial score (nSPS) is 10.3. The zero-order valence-corrected chi connectivity index (χ0v) is 10.7. The number of hydrogen-bond donors (Lipinski definition) is 1. The molecule has 0 atom stereocenters. The van der Waals surface area contributed by atoms with E-state index in [1.807, 2.05) is 0 Å². The van der Waals surface area contributed by atoms with E-state index in [-0.39, 0.29) is 5.91 Å². The van der Waals surface area contributed by atoms with Crippen LogP contribution in [0.4, 0.5) is 0 Å². The van der Waals surface area contributed by atoms with Gasteiger partial charge in [-0.15, -0.1) is 6.58 Å². The van der Waals surface area contributed by atoms with E-state index < -0.39 is 0 Å². The molecular weight excluding hydrogens is 210 g/mol. The molecule has 0 saturated carbocycles. The van der Waals surface area contributed by atoms with Gasteiger partial charge in [0.05, 0.1) is 0 Å². The lowest BCUT2D eigenvalue weighted by Gasteiger charge is -2.07. The molecule has 0 aliphatic rings. The van der Waals surface area contributed by atoms with E-state index in [1.165, 1.54) is 11.1 Å². The molecule has 17 heavy (non-hydrogen) atoms. The first-order chi connectivity index (χ1) is 8.13. The smallest absolute Gasteiger partial charge is 0.220 e. The summed E-state index contributed by atoms with van der Waals surface area (Å²) in [5.41, 5.74) is 2.55. The van der Waals surface area contributed by atoms with Crippen LogP contribution in [-0.4, -0.2) is 12.5 Å². The maximum absolute atomic E-state index is 11.4. The number of benzene rings is 1. The van der Waals surface area contributed by atoms with Gasteiger partial charge >= 0.3 is 0 Å². The Balaban J connectivity index is 2.41. The van der Waals surface area contributed by atoms with Gasteiger partial charge in [-0.1, -0.05) is 44.2 Å². The number of carbonyl (C=O) groups is 1. The third-order valence-electron chi connectivity index (χ3n) is 2.73. The maximum atomic E-state index is 11.4. The molecule has 0 radical (unpaired) electrons. The van der Waals surface area contributed by atoms with E-state index in [2.05, 4.69) is 50.0 Å². The van der Waals surface area contributed by atoms with E-state index >= 15 is 0 Å². The van der Waals surface area contributed by atoms with Gasteiger partial charge in [0.2, 0.25) is 5.91 Å². The molecule has 0 unspecified atom stereocenters. The van der Waals surface area contributed by atoms with Gasteiger partial charge in [-0.3, -0.25) is 4.79 Å². The lowest BCUT2D eigenvalue weighted by molar-refractivity contribution is -0.120. The molecule has 1 rings (SSSR count). The second-order valence-corrected chi connectivity index (χ2v) is 4.49. The molecule has 0 spiro atoms. The van der Waals surface area contributed by atoms with Crippen molar-refractivity contribution in [3.63, 3.8) is 0 Å². The number of carbonyl (C=O) groups excluding carboxylic acids is 1. The predicted molar refractivity (Wildman–Crippen MR) is 72.1 cm³/mol. The van der Waals surface area contributed by atoms with E-state index in [1.54, 1.807) is 6.08 Å². The fraction of sp³-hybridized carbons (Fsp3) is 0.400. The Hall–Kier alpha value is -1.57. The van der Waals surface area contributed by atoms with Crippen molar-refractivity contribution in [2.75, 3.05) is 6.54 Å². The molecule has 0 heterocycles. The Kier molecular flexibility index (Phi) is 5.47. The molecule has 0 aliphatic carbocycles. The molecule has 2 nitrogen and oxygen atoms in total. The van der Waals surface area contributed by atoms with Crippen LogP contribution in [0, 0.1) is 0 Å². The van der Waals surface area contributed by atoms with Gasteiger partial charge in [0.25, 0.3) is 0 Å². The van der Waals surface area contributed by atoms with Crippen molar-refractivity contribution in [3.8, 4) is 0 Å². The van der Waals surface area contributed by atoms with Crippen molar-refractivity contribution in [1.29, 1.82) is 0 Å². The average molecular weight is 231 g/mol. The number of nitrogens with one attached hydrogen (secondary N) is 1. The maximum Gasteiger partial charge on any atom is 0.220 e. The minimum atomic E-state index is 0.0813. The molecule has 0 aliphatic heterocycles. The fourth-order valence-corrected chi connectivity index (χ4v) is 1.60. The lowest BCUT2D eigenvalue weighted by atomic mass is 10.0. The molecule has 2 heteroatoms. The van der Waals surface area contributed by atoms with Gasteiger partial charge in [0, 0.05) is 13.0 Å². The molecule has 0 aromatic heterocycles. The number of amides is 1. The topological polar surface area (TPSA) is 29.1 Å². The van der Waals surface area contributed by atoms with Gasteiger partial charge in [0.15, 0.2) is 0 Å². The average Bonchev–Trinajstić information content (AvgIpc) is 2.34. The fourth-order valence-electron chi connectivity index (χ4n) is 1.60. The van der Waals surface area contributed by atoms with E-state index in [4.69, 9.17) is 0 Å². The van der Waals surface area contributed by atoms with Crippen molar-refractivity contribution in [2.24, 2.45) is 0 Å². The Bertz CT molecular complexity index is 365. The molecular formula is C15H21NO. The van der Waals surface area contributed by atoms with Crippen LogP contribution in [-0.2, 0) is 11.2 Å². The van der Waals surface area contributed by atoms with Gasteiger partial charge in [0.1, 0.15) is 0 Å². The highest BCUT2D eigenvalue weighted by Crippen LogP contribution is 2.15. The molecule has 1 aromatic rings. The SMILES string of the molecule is C=CCNC(=O)CCc1ccc(C(C)C)cc1. The minimum Gasteiger partial charge on any atom is -0.353 e. The van der Waals surface area contributed by atoms with Crippen LogP contribution in [0.5, 0.6) is 0 Å². The Labute approximate surface area is 104 Å². The summed E-state index contributed by atoms with van der Waals surface area (Å²) in [6.07, 6.45) is 3.02. The molecule has 92 valence electrons. The van der Waals surface area contributed by atoms with Crippen molar-refractivity contribution in [2.45, 2.75) is 32.6 Å². The monoisotopic (exact) mass is 231 g/mol. The summed E-state index contributed by atoms with van der Waals surface area (Å²) in [4.78, 5) is 11.4. The zero-order chi connectivity index (χ0) is 12.7. The summed E-state index contributed by atoms with van der Waals surface area (Å²) < 4.78 is 0. The molecule has 1 N–H and O–H groups in total. The van der Waals surface area contributed by atoms with Crippen LogP contribution in [0.1, 0.15) is 37.3 Å². The van der Waals surface area contributed by atoms with Gasteiger partial charge in [-0.2, -0.15) is 0 Å². The number of hydrogen-bond acceptors (Lipinski definition) is 1. The largest absolute Gasteiger partial charge is 0.353 e. The third kappa shape index (κ3) is 4.85. The van der Waals surface area contributed by atoms with Crippen molar-refractivity contribution in [3.05, 3.63) is 48.0 Å². The zero-order valence-electron chi connectivity index (χ0n) is 10.7. The summed E-state index contributed by atoms with van der Waals surface area (Å²) in [5, 5.41) is 2.78. The second kappa shape index (κ2) is 6.89. The lowest BCUT2D eigenvalue weighted by Crippen LogP contribution is -2.23. The van der Waals surface area contributed by atoms with Crippen molar-refractivity contribution >= 4 is 5.91 Å². The van der Waals surface area contributed by atoms with Crippen LogP contribution in [0.3, 0.4) is 0 Å². The first-order valence-electron chi connectivity index (χ1n) is 6.10. The Morgan fingerprint density at radius 2 is 2.00 bits per heavy atom. The molecule has 0 fully saturated rings. The highest BCUT2D eigenvalue weighted by atomic mass is 16.1. The van der Waals surface area contributed by atoms with Crippen molar-refractivity contribution < 1.29 is 4.79 Å².